The molecule has 20 heavy (non-hydrogen) atoms. The minimum Gasteiger partial charge on any atom is -0.379 e. The van der Waals surface area contributed by atoms with E-state index in [-0.39, 0.29) is 12.1 Å². The van der Waals surface area contributed by atoms with Gasteiger partial charge < -0.3 is 4.74 Å². The van der Waals surface area contributed by atoms with Crippen LogP contribution in [0.2, 0.25) is 0 Å². The standard InChI is InChI=1S/C17H28N2O/c1-12-9-10-13(2)15(11-12)16(19-18)17(20-3)14-7-5-4-6-8-14/h9-11,14,16-17,19H,4-8,18H2,1-3H3. The molecule has 1 fully saturated rings. The lowest BCUT2D eigenvalue weighted by Crippen LogP contribution is -2.42. The molecule has 1 aliphatic rings. The fourth-order valence-corrected chi connectivity index (χ4v) is 3.52. The maximum absolute atomic E-state index is 5.88. The van der Waals surface area contributed by atoms with Crippen LogP contribution in [0.15, 0.2) is 18.2 Å². The Morgan fingerprint density at radius 1 is 1.20 bits per heavy atom. The zero-order valence-corrected chi connectivity index (χ0v) is 13.0. The highest BCUT2D eigenvalue weighted by Gasteiger charge is 2.31. The van der Waals surface area contributed by atoms with Crippen molar-refractivity contribution in [2.24, 2.45) is 11.8 Å². The number of nitrogens with one attached hydrogen (secondary N) is 1. The first-order valence-electron chi connectivity index (χ1n) is 7.73. The first-order chi connectivity index (χ1) is 9.67. The highest BCUT2D eigenvalue weighted by molar-refractivity contribution is 5.33. The number of benzene rings is 1. The van der Waals surface area contributed by atoms with Crippen molar-refractivity contribution in [3.05, 3.63) is 34.9 Å². The van der Waals surface area contributed by atoms with Crippen molar-refractivity contribution in [2.45, 2.75) is 58.1 Å². The Bertz CT molecular complexity index is 427. The molecule has 0 radical (unpaired) electrons. The van der Waals surface area contributed by atoms with Gasteiger partial charge in [-0.25, -0.2) is 0 Å². The molecule has 1 aromatic carbocycles. The van der Waals surface area contributed by atoms with E-state index in [4.69, 9.17) is 10.6 Å². The van der Waals surface area contributed by atoms with Gasteiger partial charge in [-0.05, 0) is 43.7 Å². The van der Waals surface area contributed by atoms with Gasteiger partial charge in [0.2, 0.25) is 0 Å². The molecule has 0 saturated heterocycles. The molecule has 3 N–H and O–H groups in total. The van der Waals surface area contributed by atoms with Gasteiger partial charge in [-0.15, -0.1) is 0 Å². The molecule has 1 aliphatic carbocycles. The summed E-state index contributed by atoms with van der Waals surface area (Å²) in [6, 6.07) is 6.62. The number of methoxy groups -OCH3 is 1. The second-order valence-electron chi connectivity index (χ2n) is 6.10. The van der Waals surface area contributed by atoms with Gasteiger partial charge >= 0.3 is 0 Å². The molecule has 2 atom stereocenters. The third kappa shape index (κ3) is 3.40. The number of hydrogen-bond acceptors (Lipinski definition) is 3. The van der Waals surface area contributed by atoms with E-state index in [1.165, 1.54) is 48.8 Å². The van der Waals surface area contributed by atoms with E-state index in [1.54, 1.807) is 0 Å². The lowest BCUT2D eigenvalue weighted by atomic mass is 9.80. The molecule has 0 aromatic heterocycles. The van der Waals surface area contributed by atoms with Crippen LogP contribution in [-0.2, 0) is 4.74 Å². The summed E-state index contributed by atoms with van der Waals surface area (Å²) < 4.78 is 5.85. The zero-order valence-electron chi connectivity index (χ0n) is 13.0. The van der Waals surface area contributed by atoms with Crippen LogP contribution < -0.4 is 11.3 Å². The second kappa shape index (κ2) is 7.21. The van der Waals surface area contributed by atoms with Crippen molar-refractivity contribution in [1.82, 2.24) is 5.43 Å². The van der Waals surface area contributed by atoms with E-state index in [0.29, 0.717) is 5.92 Å². The van der Waals surface area contributed by atoms with Crippen LogP contribution >= 0.6 is 0 Å². The summed E-state index contributed by atoms with van der Waals surface area (Å²) in [6.07, 6.45) is 6.64. The van der Waals surface area contributed by atoms with Crippen LogP contribution in [0.3, 0.4) is 0 Å². The Hall–Kier alpha value is -0.900. The molecule has 3 heteroatoms. The van der Waals surface area contributed by atoms with E-state index in [9.17, 15) is 0 Å². The number of nitrogens with two attached hydrogens (primary N) is 1. The molecular formula is C17H28N2O. The summed E-state index contributed by atoms with van der Waals surface area (Å²) in [5, 5.41) is 0. The quantitative estimate of drug-likeness (QED) is 0.640. The minimum absolute atomic E-state index is 0.0722. The van der Waals surface area contributed by atoms with Gasteiger partial charge in [0.1, 0.15) is 0 Å². The Labute approximate surface area is 122 Å². The molecule has 2 rings (SSSR count). The monoisotopic (exact) mass is 276 g/mol. The number of hydrogen-bond donors (Lipinski definition) is 2. The van der Waals surface area contributed by atoms with Crippen LogP contribution in [0.25, 0.3) is 0 Å². The Kier molecular flexibility index (Phi) is 5.58. The zero-order chi connectivity index (χ0) is 14.5. The summed E-state index contributed by atoms with van der Waals surface area (Å²) in [5.41, 5.74) is 6.82. The SMILES string of the molecule is COC(C1CCCCC1)C(NN)c1cc(C)ccc1C. The summed E-state index contributed by atoms with van der Waals surface area (Å²) in [6.45, 7) is 4.27. The Morgan fingerprint density at radius 2 is 1.90 bits per heavy atom. The summed E-state index contributed by atoms with van der Waals surface area (Å²) >= 11 is 0. The number of aryl methyl sites for hydroxylation is 2. The van der Waals surface area contributed by atoms with Gasteiger partial charge in [0, 0.05) is 7.11 Å². The molecule has 112 valence electrons. The average molecular weight is 276 g/mol. The van der Waals surface area contributed by atoms with Gasteiger partial charge in [-0.1, -0.05) is 43.0 Å². The third-order valence-electron chi connectivity index (χ3n) is 4.66. The lowest BCUT2D eigenvalue weighted by Gasteiger charge is -2.35. The lowest BCUT2D eigenvalue weighted by molar-refractivity contribution is 0.00734. The predicted octanol–water partition coefficient (Wildman–Crippen LogP) is 3.40. The van der Waals surface area contributed by atoms with Crippen LogP contribution in [0.5, 0.6) is 0 Å². The van der Waals surface area contributed by atoms with Gasteiger partial charge in [0.25, 0.3) is 0 Å². The third-order valence-corrected chi connectivity index (χ3v) is 4.66. The van der Waals surface area contributed by atoms with Crippen LogP contribution in [0.1, 0.15) is 54.8 Å². The predicted molar refractivity (Wildman–Crippen MR) is 83.4 cm³/mol. The maximum atomic E-state index is 5.88. The van der Waals surface area contributed by atoms with Crippen LogP contribution in [0, 0.1) is 19.8 Å². The number of hydrazine groups is 1. The van der Waals surface area contributed by atoms with Crippen LogP contribution in [-0.4, -0.2) is 13.2 Å². The molecule has 0 bridgehead atoms. The topological polar surface area (TPSA) is 47.3 Å². The molecule has 0 heterocycles. The van der Waals surface area contributed by atoms with Crippen molar-refractivity contribution < 1.29 is 4.74 Å². The average Bonchev–Trinajstić information content (AvgIpc) is 2.48. The normalized spacial score (nSPS) is 19.8. The summed E-state index contributed by atoms with van der Waals surface area (Å²) in [5.74, 6) is 6.48. The number of ether oxygens (including phenoxy) is 1. The molecule has 0 amide bonds. The van der Waals surface area contributed by atoms with E-state index >= 15 is 0 Å². The molecule has 3 nitrogen and oxygen atoms in total. The summed E-state index contributed by atoms with van der Waals surface area (Å²) in [7, 11) is 1.81. The summed E-state index contributed by atoms with van der Waals surface area (Å²) in [4.78, 5) is 0. The van der Waals surface area contributed by atoms with Gasteiger partial charge in [-0.2, -0.15) is 0 Å². The first-order valence-corrected chi connectivity index (χ1v) is 7.73. The number of rotatable bonds is 5. The van der Waals surface area contributed by atoms with E-state index in [2.05, 4.69) is 37.5 Å². The van der Waals surface area contributed by atoms with Crippen molar-refractivity contribution in [2.75, 3.05) is 7.11 Å². The van der Waals surface area contributed by atoms with E-state index in [1.807, 2.05) is 7.11 Å². The van der Waals surface area contributed by atoms with Gasteiger partial charge in [0.05, 0.1) is 12.1 Å². The fourth-order valence-electron chi connectivity index (χ4n) is 3.52. The second-order valence-corrected chi connectivity index (χ2v) is 6.10. The van der Waals surface area contributed by atoms with Crippen molar-refractivity contribution in [3.8, 4) is 0 Å². The highest BCUT2D eigenvalue weighted by atomic mass is 16.5. The van der Waals surface area contributed by atoms with Crippen molar-refractivity contribution in [3.63, 3.8) is 0 Å². The van der Waals surface area contributed by atoms with Gasteiger partial charge in [-0.3, -0.25) is 11.3 Å². The molecule has 2 unspecified atom stereocenters. The van der Waals surface area contributed by atoms with Crippen molar-refractivity contribution in [1.29, 1.82) is 0 Å². The Morgan fingerprint density at radius 3 is 2.50 bits per heavy atom. The first kappa shape index (κ1) is 15.5. The molecule has 0 aliphatic heterocycles. The Balaban J connectivity index is 2.26. The van der Waals surface area contributed by atoms with Gasteiger partial charge in [0.15, 0.2) is 0 Å². The molecule has 0 spiro atoms. The van der Waals surface area contributed by atoms with E-state index in [0.717, 1.165) is 0 Å². The highest BCUT2D eigenvalue weighted by Crippen LogP contribution is 2.34. The molecular weight excluding hydrogens is 248 g/mol. The largest absolute Gasteiger partial charge is 0.379 e. The maximum Gasteiger partial charge on any atom is 0.0807 e. The van der Waals surface area contributed by atoms with E-state index < -0.39 is 0 Å². The molecule has 1 aromatic rings. The minimum atomic E-state index is 0.0722. The fraction of sp³-hybridized carbons (Fsp3) is 0.647. The molecule has 1 saturated carbocycles. The smallest absolute Gasteiger partial charge is 0.0807 e. The van der Waals surface area contributed by atoms with Crippen molar-refractivity contribution >= 4 is 0 Å². The van der Waals surface area contributed by atoms with Crippen LogP contribution in [0.4, 0.5) is 0 Å².